The molecule has 13 nitrogen and oxygen atoms in total. The summed E-state index contributed by atoms with van der Waals surface area (Å²) in [5.41, 5.74) is -7.89. The van der Waals surface area contributed by atoms with E-state index in [-0.39, 0.29) is 25.3 Å². The second-order valence-electron chi connectivity index (χ2n) is 18.2. The first-order chi connectivity index (χ1) is 23.1. The molecule has 3 aliphatic heterocycles. The Bertz CT molecular complexity index is 1390. The first kappa shape index (κ1) is 36.9. The van der Waals surface area contributed by atoms with Crippen LogP contribution in [0.3, 0.4) is 0 Å². The molecule has 1 spiro atoms. The molecular weight excluding hydrogens is 650 g/mol. The predicted octanol–water partition coefficient (Wildman–Crippen LogP) is 0.466. The van der Waals surface area contributed by atoms with Crippen molar-refractivity contribution in [1.82, 2.24) is 4.90 Å². The zero-order chi connectivity index (χ0) is 36.7. The number of aliphatic hydroxyl groups excluding tert-OH is 3. The lowest BCUT2D eigenvalue weighted by Gasteiger charge is -2.64. The van der Waals surface area contributed by atoms with Gasteiger partial charge in [-0.25, -0.2) is 4.79 Å². The largest absolute Gasteiger partial charge is 0.456 e. The van der Waals surface area contributed by atoms with Crippen molar-refractivity contribution >= 4 is 11.9 Å². The number of hydrogen-bond donors (Lipinski definition) is 7. The summed E-state index contributed by atoms with van der Waals surface area (Å²) in [6.07, 6.45) is -4.15. The Labute approximate surface area is 294 Å². The van der Waals surface area contributed by atoms with Gasteiger partial charge in [0.1, 0.15) is 5.60 Å². The van der Waals surface area contributed by atoms with Crippen molar-refractivity contribution in [3.05, 3.63) is 0 Å². The van der Waals surface area contributed by atoms with Crippen LogP contribution in [0.5, 0.6) is 0 Å². The lowest BCUT2D eigenvalue weighted by molar-refractivity contribution is -0.300. The van der Waals surface area contributed by atoms with Crippen LogP contribution in [0.1, 0.15) is 93.4 Å². The van der Waals surface area contributed by atoms with Gasteiger partial charge in [-0.3, -0.25) is 9.69 Å². The van der Waals surface area contributed by atoms with Gasteiger partial charge in [0.15, 0.2) is 17.8 Å². The van der Waals surface area contributed by atoms with Gasteiger partial charge in [0.05, 0.1) is 35.4 Å². The second-order valence-corrected chi connectivity index (χ2v) is 18.2. The van der Waals surface area contributed by atoms with Gasteiger partial charge in [0, 0.05) is 42.3 Å². The minimum atomic E-state index is -2.25. The maximum Gasteiger partial charge on any atom is 0.341 e. The SMILES string of the molecule is CC[C@@H](C)C(=O)O[C@H]1[C@H](O)[C@H]2[C@@H](CN3C[C@@H](C)CC[C@H]3[C@@]2(C)O)[C@@H]2C[C@]34O[C@@]5(O)[C@@H](OC(=O)[C@](C)(O)[C@@H](C)O)CC[C@@]3(C)[C@@H]5C[C@@H](O)[C@H]4[C@@]21O. The maximum atomic E-state index is 13.5. The van der Waals surface area contributed by atoms with E-state index in [1.807, 2.05) is 13.8 Å². The van der Waals surface area contributed by atoms with E-state index in [0.717, 1.165) is 26.3 Å². The molecule has 0 unspecified atom stereocenters. The van der Waals surface area contributed by atoms with Crippen LogP contribution in [0.15, 0.2) is 0 Å². The summed E-state index contributed by atoms with van der Waals surface area (Å²) in [6, 6.07) is -0.238. The molecule has 0 aromatic heterocycles. The number of esters is 2. The molecule has 3 heterocycles. The third-order valence-electron chi connectivity index (χ3n) is 15.5. The predicted molar refractivity (Wildman–Crippen MR) is 176 cm³/mol. The van der Waals surface area contributed by atoms with Gasteiger partial charge in [-0.15, -0.1) is 0 Å². The van der Waals surface area contributed by atoms with E-state index in [9.17, 15) is 45.3 Å². The smallest absolute Gasteiger partial charge is 0.341 e. The first-order valence-electron chi connectivity index (χ1n) is 18.9. The monoisotopic (exact) mass is 709 g/mol. The molecule has 50 heavy (non-hydrogen) atoms. The van der Waals surface area contributed by atoms with Crippen LogP contribution >= 0.6 is 0 Å². The highest BCUT2D eigenvalue weighted by atomic mass is 16.7. The molecule has 0 radical (unpaired) electrons. The van der Waals surface area contributed by atoms with Crippen molar-refractivity contribution in [1.29, 1.82) is 0 Å². The Balaban J connectivity index is 1.34. The highest BCUT2D eigenvalue weighted by Gasteiger charge is 2.87. The van der Waals surface area contributed by atoms with Gasteiger partial charge in [-0.2, -0.15) is 0 Å². The van der Waals surface area contributed by atoms with Crippen molar-refractivity contribution in [2.75, 3.05) is 13.1 Å². The summed E-state index contributed by atoms with van der Waals surface area (Å²) in [7, 11) is 0. The zero-order valence-corrected chi connectivity index (χ0v) is 30.5. The summed E-state index contributed by atoms with van der Waals surface area (Å²) >= 11 is 0. The molecule has 4 saturated carbocycles. The Morgan fingerprint density at radius 2 is 1.74 bits per heavy atom. The minimum absolute atomic E-state index is 0.0328. The average Bonchev–Trinajstić information content (AvgIpc) is 3.31. The number of nitrogens with zero attached hydrogens (tertiary/aromatic N) is 1. The van der Waals surface area contributed by atoms with Crippen molar-refractivity contribution in [3.63, 3.8) is 0 Å². The quantitative estimate of drug-likeness (QED) is 0.188. The minimum Gasteiger partial charge on any atom is -0.456 e. The molecule has 0 aromatic carbocycles. The van der Waals surface area contributed by atoms with E-state index in [1.54, 1.807) is 13.8 Å². The number of hydrogen-bond acceptors (Lipinski definition) is 13. The van der Waals surface area contributed by atoms with Gasteiger partial charge in [0.2, 0.25) is 5.79 Å². The van der Waals surface area contributed by atoms with E-state index >= 15 is 0 Å². The van der Waals surface area contributed by atoms with Crippen LogP contribution in [-0.4, -0.2) is 130 Å². The number of ether oxygens (including phenoxy) is 3. The number of fused-ring (bicyclic) bond motifs is 5. The average molecular weight is 710 g/mol. The fourth-order valence-electron chi connectivity index (χ4n) is 12.5. The third kappa shape index (κ3) is 4.57. The number of carbonyl (C=O) groups is 2. The molecule has 7 fully saturated rings. The first-order valence-corrected chi connectivity index (χ1v) is 18.9. The molecule has 0 aromatic rings. The highest BCUT2D eigenvalue weighted by molar-refractivity contribution is 5.79. The molecular formula is C37H59NO12. The number of piperidine rings is 2. The van der Waals surface area contributed by atoms with E-state index in [2.05, 4.69) is 11.8 Å². The van der Waals surface area contributed by atoms with Crippen molar-refractivity contribution in [3.8, 4) is 0 Å². The molecule has 7 N–H and O–H groups in total. The van der Waals surface area contributed by atoms with Crippen molar-refractivity contribution in [2.45, 2.75) is 158 Å². The van der Waals surface area contributed by atoms with E-state index in [0.29, 0.717) is 25.3 Å². The molecule has 13 heteroatoms. The van der Waals surface area contributed by atoms with Gasteiger partial charge in [-0.1, -0.05) is 27.7 Å². The Morgan fingerprint density at radius 3 is 2.38 bits per heavy atom. The maximum absolute atomic E-state index is 13.5. The lowest BCUT2D eigenvalue weighted by Crippen LogP contribution is -2.77. The topological polar surface area (TPSA) is 207 Å². The van der Waals surface area contributed by atoms with Gasteiger partial charge < -0.3 is 50.0 Å². The molecule has 7 aliphatic rings. The Hall–Kier alpha value is -1.42. The molecule has 7 rings (SSSR count). The van der Waals surface area contributed by atoms with Gasteiger partial charge >= 0.3 is 11.9 Å². The second kappa shape index (κ2) is 11.5. The van der Waals surface area contributed by atoms with E-state index in [4.69, 9.17) is 14.2 Å². The molecule has 4 aliphatic carbocycles. The van der Waals surface area contributed by atoms with Gasteiger partial charge in [0.25, 0.3) is 0 Å². The normalized spacial score (nSPS) is 54.6. The van der Waals surface area contributed by atoms with E-state index in [1.165, 1.54) is 6.92 Å². The van der Waals surface area contributed by atoms with E-state index < -0.39 is 112 Å². The number of carbonyl (C=O) groups excluding carboxylic acids is 2. The standard InChI is InChI=1S/C37H59NO12/c1-8-18(3)30(42)49-29-27(41)26-20(16-38-15-17(2)9-10-24(38)34(26,7)45)21-14-35-28(36(21,29)46)22(40)13-23-32(35,5)12-11-25(37(23,47)50-35)48-31(43)33(6,44)19(4)39/h17-29,39-41,44-47H,8-16H2,1-7H3/t17-,18+,19+,20-,21-,22+,23-,24-,25-,26+,27+,28+,29-,32-,33+,34+,35+,36-,37+/m0/s1. The fraction of sp³-hybridized carbons (Fsp3) is 0.946. The molecule has 284 valence electrons. The third-order valence-corrected chi connectivity index (χ3v) is 15.5. The van der Waals surface area contributed by atoms with Crippen LogP contribution in [0.2, 0.25) is 0 Å². The summed E-state index contributed by atoms with van der Waals surface area (Å²) in [6.45, 7) is 13.1. The molecule has 4 bridgehead atoms. The van der Waals surface area contributed by atoms with Crippen LogP contribution in [-0.2, 0) is 23.8 Å². The zero-order valence-electron chi connectivity index (χ0n) is 30.5. The van der Waals surface area contributed by atoms with Crippen molar-refractivity contribution < 1.29 is 59.5 Å². The summed E-state index contributed by atoms with van der Waals surface area (Å²) in [4.78, 5) is 28.9. The lowest BCUT2D eigenvalue weighted by atomic mass is 9.49. The van der Waals surface area contributed by atoms with Crippen LogP contribution in [0.25, 0.3) is 0 Å². The number of aliphatic hydroxyl groups is 7. The summed E-state index contributed by atoms with van der Waals surface area (Å²) in [5, 5.41) is 83.5. The van der Waals surface area contributed by atoms with Crippen LogP contribution in [0.4, 0.5) is 0 Å². The highest BCUT2D eigenvalue weighted by Crippen LogP contribution is 2.77. The van der Waals surface area contributed by atoms with Crippen molar-refractivity contribution in [2.24, 2.45) is 46.8 Å². The summed E-state index contributed by atoms with van der Waals surface area (Å²) in [5.74, 6) is -7.78. The Kier molecular flexibility index (Phi) is 8.52. The summed E-state index contributed by atoms with van der Waals surface area (Å²) < 4.78 is 18.7. The fourth-order valence-corrected chi connectivity index (χ4v) is 12.5. The van der Waals surface area contributed by atoms with Gasteiger partial charge in [-0.05, 0) is 83.5 Å². The molecule has 19 atom stereocenters. The van der Waals surface area contributed by atoms with Crippen LogP contribution < -0.4 is 0 Å². The molecule has 3 saturated heterocycles. The number of rotatable bonds is 6. The van der Waals surface area contributed by atoms with Crippen LogP contribution in [0, 0.1) is 46.8 Å². The molecule has 0 amide bonds. The Morgan fingerprint density at radius 1 is 1.06 bits per heavy atom.